The van der Waals surface area contributed by atoms with Crippen LogP contribution in [0, 0.1) is 0 Å². The molecule has 1 aliphatic carbocycles. The zero-order valence-electron chi connectivity index (χ0n) is 7.26. The minimum atomic E-state index is 0.923. The quantitative estimate of drug-likeness (QED) is 0.560. The third kappa shape index (κ3) is 0.934. The van der Waals surface area contributed by atoms with Crippen LogP contribution in [0.2, 0.25) is 0 Å². The third-order valence-corrected chi connectivity index (χ3v) is 2.24. The van der Waals surface area contributed by atoms with Gasteiger partial charge in [-0.05, 0) is 19.4 Å². The molecule has 1 aliphatic rings. The van der Waals surface area contributed by atoms with Crippen molar-refractivity contribution >= 4 is 18.7 Å². The van der Waals surface area contributed by atoms with E-state index < -0.39 is 0 Å². The Bertz CT molecular complexity index is 421. The molecule has 0 aromatic carbocycles. The van der Waals surface area contributed by atoms with E-state index in [9.17, 15) is 0 Å². The van der Waals surface area contributed by atoms with E-state index in [4.69, 9.17) is 4.42 Å². The molecule has 1 heterocycles. The van der Waals surface area contributed by atoms with Crippen LogP contribution in [0.3, 0.4) is 0 Å². The fraction of sp³-hybridized carbons (Fsp3) is 0.273. The molecule has 0 unspecified atom stereocenters. The van der Waals surface area contributed by atoms with E-state index in [0.29, 0.717) is 0 Å². The van der Waals surface area contributed by atoms with Crippen molar-refractivity contribution in [2.24, 2.45) is 0 Å². The highest BCUT2D eigenvalue weighted by atomic mass is 16.3. The molecule has 0 radical (unpaired) electrons. The molecule has 1 nitrogen and oxygen atoms in total. The van der Waals surface area contributed by atoms with E-state index in [1.807, 2.05) is 13.0 Å². The summed E-state index contributed by atoms with van der Waals surface area (Å²) in [7, 11) is 0. The molecule has 12 heavy (non-hydrogen) atoms. The second kappa shape index (κ2) is 2.67. The summed E-state index contributed by atoms with van der Waals surface area (Å²) in [5.41, 5.74) is 2.11. The van der Waals surface area contributed by atoms with Crippen molar-refractivity contribution in [2.45, 2.75) is 19.8 Å². The van der Waals surface area contributed by atoms with Crippen molar-refractivity contribution in [1.82, 2.24) is 0 Å². The maximum Gasteiger partial charge on any atom is 0.130 e. The molecule has 1 heteroatoms. The number of allylic oxidation sites excluding steroid dienone is 1. The first-order chi connectivity index (χ1) is 5.83. The van der Waals surface area contributed by atoms with Crippen LogP contribution in [0.1, 0.15) is 24.7 Å². The summed E-state index contributed by atoms with van der Waals surface area (Å²) < 4.78 is 5.62. The zero-order chi connectivity index (χ0) is 8.55. The van der Waals surface area contributed by atoms with Crippen LogP contribution in [0.15, 0.2) is 10.5 Å². The largest absolute Gasteiger partial charge is 0.461 e. The molecule has 1 aromatic heterocycles. The molecular formula is C11H12O. The van der Waals surface area contributed by atoms with E-state index in [2.05, 4.69) is 18.7 Å². The topological polar surface area (TPSA) is 13.1 Å². The summed E-state index contributed by atoms with van der Waals surface area (Å²) in [6, 6.07) is 0. The molecule has 62 valence electrons. The Hall–Kier alpha value is -1.24. The maximum absolute atomic E-state index is 5.62. The van der Waals surface area contributed by atoms with Gasteiger partial charge in [0, 0.05) is 17.2 Å². The average molecular weight is 160 g/mol. The first-order valence-corrected chi connectivity index (χ1v) is 4.26. The van der Waals surface area contributed by atoms with Crippen molar-refractivity contribution in [2.75, 3.05) is 0 Å². The predicted octanol–water partition coefficient (Wildman–Crippen LogP) is 1.45. The van der Waals surface area contributed by atoms with Crippen LogP contribution in [0.25, 0.3) is 18.7 Å². The summed E-state index contributed by atoms with van der Waals surface area (Å²) in [6.07, 6.45) is 8.35. The molecule has 0 fully saturated rings. The predicted molar refractivity (Wildman–Crippen MR) is 51.0 cm³/mol. The van der Waals surface area contributed by atoms with Crippen LogP contribution in [-0.4, -0.2) is 0 Å². The van der Waals surface area contributed by atoms with Gasteiger partial charge in [-0.2, -0.15) is 0 Å². The fourth-order valence-corrected chi connectivity index (χ4v) is 1.58. The van der Waals surface area contributed by atoms with Crippen molar-refractivity contribution in [3.05, 3.63) is 28.0 Å². The summed E-state index contributed by atoms with van der Waals surface area (Å²) in [5.74, 6) is 1.09. The van der Waals surface area contributed by atoms with E-state index in [1.54, 1.807) is 0 Å². The lowest BCUT2D eigenvalue weighted by molar-refractivity contribution is 0.478. The van der Waals surface area contributed by atoms with E-state index in [-0.39, 0.29) is 0 Å². The molecule has 0 aliphatic heterocycles. The fourth-order valence-electron chi connectivity index (χ4n) is 1.58. The van der Waals surface area contributed by atoms with Gasteiger partial charge in [-0.25, -0.2) is 0 Å². The molecule has 0 spiro atoms. The number of rotatable bonds is 0. The number of hydrogen-bond donors (Lipinski definition) is 0. The Morgan fingerprint density at radius 3 is 3.08 bits per heavy atom. The molecule has 0 bridgehead atoms. The molecule has 0 amide bonds. The van der Waals surface area contributed by atoms with Crippen LogP contribution in [0.5, 0.6) is 0 Å². The van der Waals surface area contributed by atoms with Crippen LogP contribution in [-0.2, 0) is 6.42 Å². The Morgan fingerprint density at radius 1 is 1.58 bits per heavy atom. The molecule has 0 saturated carbocycles. The first kappa shape index (κ1) is 7.41. The second-order valence-corrected chi connectivity index (χ2v) is 3.01. The van der Waals surface area contributed by atoms with Gasteiger partial charge in [0.1, 0.15) is 11.2 Å². The lowest BCUT2D eigenvalue weighted by Gasteiger charge is -2.00. The standard InChI is InChI=1S/C11H12O/c1-3-10-8(2)9-6-4-5-7-11(9)12-10/h3-4,6H,2,5,7H2,1H3. The van der Waals surface area contributed by atoms with E-state index in [0.717, 1.165) is 29.2 Å². The molecule has 0 N–H and O–H groups in total. The van der Waals surface area contributed by atoms with Crippen LogP contribution < -0.4 is 10.6 Å². The lowest BCUT2D eigenvalue weighted by Crippen LogP contribution is -2.19. The minimum absolute atomic E-state index is 0.923. The third-order valence-electron chi connectivity index (χ3n) is 2.24. The maximum atomic E-state index is 5.62. The lowest BCUT2D eigenvalue weighted by atomic mass is 10.1. The Kier molecular flexibility index (Phi) is 1.65. The van der Waals surface area contributed by atoms with Gasteiger partial charge < -0.3 is 4.42 Å². The van der Waals surface area contributed by atoms with Crippen molar-refractivity contribution < 1.29 is 4.42 Å². The highest BCUT2D eigenvalue weighted by Crippen LogP contribution is 2.13. The normalized spacial score (nSPS) is 16.6. The molecule has 1 aromatic rings. The van der Waals surface area contributed by atoms with Gasteiger partial charge in [0.25, 0.3) is 0 Å². The summed E-state index contributed by atoms with van der Waals surface area (Å²) in [5, 5.41) is 1.03. The van der Waals surface area contributed by atoms with E-state index >= 15 is 0 Å². The van der Waals surface area contributed by atoms with Crippen molar-refractivity contribution in [1.29, 1.82) is 0 Å². The smallest absolute Gasteiger partial charge is 0.130 e. The first-order valence-electron chi connectivity index (χ1n) is 4.26. The van der Waals surface area contributed by atoms with Gasteiger partial charge in [0.05, 0.1) is 0 Å². The van der Waals surface area contributed by atoms with Crippen LogP contribution in [0.4, 0.5) is 0 Å². The number of aryl methyl sites for hydroxylation is 1. The molecule has 2 rings (SSSR count). The number of hydrogen-bond acceptors (Lipinski definition) is 1. The van der Waals surface area contributed by atoms with Gasteiger partial charge in [-0.1, -0.05) is 18.7 Å². The second-order valence-electron chi connectivity index (χ2n) is 3.01. The van der Waals surface area contributed by atoms with Crippen LogP contribution >= 0.6 is 0 Å². The Labute approximate surface area is 71.7 Å². The Morgan fingerprint density at radius 2 is 2.42 bits per heavy atom. The highest BCUT2D eigenvalue weighted by Gasteiger charge is 2.09. The molecular weight excluding hydrogens is 148 g/mol. The zero-order valence-corrected chi connectivity index (χ0v) is 7.26. The Balaban J connectivity index is 2.78. The summed E-state index contributed by atoms with van der Waals surface area (Å²) >= 11 is 0. The van der Waals surface area contributed by atoms with Crippen molar-refractivity contribution in [3.63, 3.8) is 0 Å². The summed E-state index contributed by atoms with van der Waals surface area (Å²) in [4.78, 5) is 0. The monoisotopic (exact) mass is 160 g/mol. The summed E-state index contributed by atoms with van der Waals surface area (Å²) in [6.45, 7) is 5.96. The van der Waals surface area contributed by atoms with Gasteiger partial charge in [-0.15, -0.1) is 0 Å². The molecule has 0 atom stereocenters. The highest BCUT2D eigenvalue weighted by molar-refractivity contribution is 5.55. The van der Waals surface area contributed by atoms with Gasteiger partial charge in [0.2, 0.25) is 0 Å². The SMILES string of the molecule is C=c1c2c(oc1=CC)CCC=C2. The van der Waals surface area contributed by atoms with E-state index in [1.165, 1.54) is 5.56 Å². The average Bonchev–Trinajstić information content (AvgIpc) is 2.44. The number of furan rings is 1. The van der Waals surface area contributed by atoms with Gasteiger partial charge in [0.15, 0.2) is 0 Å². The van der Waals surface area contributed by atoms with Gasteiger partial charge >= 0.3 is 0 Å². The van der Waals surface area contributed by atoms with Gasteiger partial charge in [-0.3, -0.25) is 0 Å². The number of fused-ring (bicyclic) bond motifs is 1. The molecule has 0 saturated heterocycles. The minimum Gasteiger partial charge on any atom is -0.461 e. The van der Waals surface area contributed by atoms with Crippen molar-refractivity contribution in [3.8, 4) is 0 Å².